The van der Waals surface area contributed by atoms with Gasteiger partial charge in [0.2, 0.25) is 0 Å². The molecule has 1 N–H and O–H groups in total. The van der Waals surface area contributed by atoms with Gasteiger partial charge in [0.05, 0.1) is 23.1 Å². The number of aromatic nitrogens is 2. The summed E-state index contributed by atoms with van der Waals surface area (Å²) in [7, 11) is 0. The summed E-state index contributed by atoms with van der Waals surface area (Å²) in [6, 6.07) is 5.39. The van der Waals surface area contributed by atoms with Gasteiger partial charge in [-0.25, -0.2) is 4.98 Å². The number of halogens is 1. The molecule has 0 spiro atoms. The van der Waals surface area contributed by atoms with Crippen LogP contribution in [0.2, 0.25) is 0 Å². The fourth-order valence-electron chi connectivity index (χ4n) is 3.09. The number of hydrogen-bond acceptors (Lipinski definition) is 3. The van der Waals surface area contributed by atoms with Gasteiger partial charge in [-0.05, 0) is 37.0 Å². The highest BCUT2D eigenvalue weighted by Gasteiger charge is 2.33. The Balaban J connectivity index is 1.96. The van der Waals surface area contributed by atoms with E-state index >= 15 is 0 Å². The minimum atomic E-state index is -0.762. The number of rotatable bonds is 3. The Morgan fingerprint density at radius 2 is 2.24 bits per heavy atom. The Kier molecular flexibility index (Phi) is 3.80. The van der Waals surface area contributed by atoms with Gasteiger partial charge in [0.1, 0.15) is 0 Å². The van der Waals surface area contributed by atoms with E-state index in [2.05, 4.69) is 20.9 Å². The molecule has 1 aromatic carbocycles. The molecule has 0 amide bonds. The lowest BCUT2D eigenvalue weighted by molar-refractivity contribution is -0.143. The van der Waals surface area contributed by atoms with Crippen LogP contribution in [-0.4, -0.2) is 20.6 Å². The second-order valence-electron chi connectivity index (χ2n) is 5.50. The van der Waals surface area contributed by atoms with Gasteiger partial charge < -0.3 is 5.11 Å². The van der Waals surface area contributed by atoms with Crippen LogP contribution >= 0.6 is 15.9 Å². The third-order valence-corrected chi connectivity index (χ3v) is 4.69. The summed E-state index contributed by atoms with van der Waals surface area (Å²) in [6.45, 7) is 0.422. The van der Waals surface area contributed by atoms with Crippen LogP contribution in [0.4, 0.5) is 0 Å². The van der Waals surface area contributed by atoms with Gasteiger partial charge in [-0.3, -0.25) is 14.2 Å². The van der Waals surface area contributed by atoms with Crippen LogP contribution in [0.3, 0.4) is 0 Å². The molecular formula is C15H15BrN2O3. The van der Waals surface area contributed by atoms with Gasteiger partial charge in [-0.15, -0.1) is 0 Å². The van der Waals surface area contributed by atoms with E-state index in [9.17, 15) is 14.7 Å². The van der Waals surface area contributed by atoms with Crippen molar-refractivity contribution in [3.8, 4) is 0 Å². The van der Waals surface area contributed by atoms with Crippen LogP contribution in [0.15, 0.2) is 33.8 Å². The molecule has 1 aromatic heterocycles. The number of carboxylic acid groups (broad SMARTS) is 1. The molecule has 1 aliphatic carbocycles. The van der Waals surface area contributed by atoms with Crippen molar-refractivity contribution in [2.24, 2.45) is 11.8 Å². The number of aliphatic carboxylic acids is 1. The fraction of sp³-hybridized carbons (Fsp3) is 0.400. The van der Waals surface area contributed by atoms with Crippen molar-refractivity contribution in [2.75, 3.05) is 0 Å². The molecule has 21 heavy (non-hydrogen) atoms. The third kappa shape index (κ3) is 2.72. The van der Waals surface area contributed by atoms with Crippen molar-refractivity contribution in [2.45, 2.75) is 25.8 Å². The van der Waals surface area contributed by atoms with E-state index in [0.717, 1.165) is 17.3 Å². The van der Waals surface area contributed by atoms with Crippen molar-refractivity contribution in [3.63, 3.8) is 0 Å². The average molecular weight is 351 g/mol. The molecule has 5 nitrogen and oxygen atoms in total. The molecule has 1 aliphatic rings. The topological polar surface area (TPSA) is 72.2 Å². The van der Waals surface area contributed by atoms with Gasteiger partial charge in [0, 0.05) is 11.0 Å². The lowest BCUT2D eigenvalue weighted by atomic mass is 9.96. The summed E-state index contributed by atoms with van der Waals surface area (Å²) in [4.78, 5) is 28.0. The first kappa shape index (κ1) is 14.3. The molecule has 0 saturated heterocycles. The molecular weight excluding hydrogens is 336 g/mol. The molecule has 2 unspecified atom stereocenters. The van der Waals surface area contributed by atoms with Crippen molar-refractivity contribution < 1.29 is 9.90 Å². The highest BCUT2D eigenvalue weighted by Crippen LogP contribution is 2.32. The SMILES string of the molecule is O=C(O)C1CCCC1Cn1cnc2ccc(Br)cc2c1=O. The first-order chi connectivity index (χ1) is 10.1. The number of benzene rings is 1. The second kappa shape index (κ2) is 5.60. The van der Waals surface area contributed by atoms with Gasteiger partial charge in [-0.2, -0.15) is 0 Å². The number of hydrogen-bond donors (Lipinski definition) is 1. The smallest absolute Gasteiger partial charge is 0.306 e. The van der Waals surface area contributed by atoms with E-state index in [-0.39, 0.29) is 17.4 Å². The van der Waals surface area contributed by atoms with E-state index in [1.807, 2.05) is 6.07 Å². The maximum absolute atomic E-state index is 12.5. The summed E-state index contributed by atoms with van der Waals surface area (Å²) >= 11 is 3.35. The van der Waals surface area contributed by atoms with Gasteiger partial charge in [-0.1, -0.05) is 22.4 Å². The van der Waals surface area contributed by atoms with Crippen LogP contribution in [0, 0.1) is 11.8 Å². The predicted molar refractivity (Wildman–Crippen MR) is 82.2 cm³/mol. The lowest BCUT2D eigenvalue weighted by Crippen LogP contribution is -2.28. The monoisotopic (exact) mass is 350 g/mol. The zero-order valence-electron chi connectivity index (χ0n) is 11.3. The normalized spacial score (nSPS) is 21.8. The fourth-order valence-corrected chi connectivity index (χ4v) is 3.46. The van der Waals surface area contributed by atoms with E-state index in [1.165, 1.54) is 6.33 Å². The van der Waals surface area contributed by atoms with Gasteiger partial charge in [0.15, 0.2) is 0 Å². The van der Waals surface area contributed by atoms with Crippen molar-refractivity contribution in [1.29, 1.82) is 0 Å². The maximum Gasteiger partial charge on any atom is 0.306 e. The van der Waals surface area contributed by atoms with E-state index in [1.54, 1.807) is 16.7 Å². The van der Waals surface area contributed by atoms with E-state index in [0.29, 0.717) is 23.9 Å². The molecule has 2 aromatic rings. The largest absolute Gasteiger partial charge is 0.481 e. The van der Waals surface area contributed by atoms with Crippen LogP contribution in [-0.2, 0) is 11.3 Å². The third-order valence-electron chi connectivity index (χ3n) is 4.19. The van der Waals surface area contributed by atoms with Crippen molar-refractivity contribution >= 4 is 32.8 Å². The number of carbonyl (C=O) groups is 1. The highest BCUT2D eigenvalue weighted by atomic mass is 79.9. The Hall–Kier alpha value is -1.69. The van der Waals surface area contributed by atoms with Gasteiger partial charge in [0.25, 0.3) is 5.56 Å². The Labute approximate surface area is 129 Å². The van der Waals surface area contributed by atoms with Crippen LogP contribution in [0.1, 0.15) is 19.3 Å². The zero-order valence-corrected chi connectivity index (χ0v) is 12.9. The Morgan fingerprint density at radius 3 is 3.00 bits per heavy atom. The Bertz CT molecular complexity index is 756. The molecule has 1 heterocycles. The van der Waals surface area contributed by atoms with E-state index in [4.69, 9.17) is 0 Å². The summed E-state index contributed by atoms with van der Waals surface area (Å²) in [6.07, 6.45) is 3.97. The minimum absolute atomic E-state index is 0.00611. The van der Waals surface area contributed by atoms with E-state index < -0.39 is 5.97 Å². The molecule has 3 rings (SSSR count). The summed E-state index contributed by atoms with van der Waals surface area (Å²) in [5, 5.41) is 9.78. The second-order valence-corrected chi connectivity index (χ2v) is 6.41. The van der Waals surface area contributed by atoms with Crippen molar-refractivity contribution in [3.05, 3.63) is 39.4 Å². The van der Waals surface area contributed by atoms with Crippen LogP contribution < -0.4 is 5.56 Å². The molecule has 2 atom stereocenters. The quantitative estimate of drug-likeness (QED) is 0.923. The summed E-state index contributed by atoms with van der Waals surface area (Å²) in [5.41, 5.74) is 0.540. The molecule has 6 heteroatoms. The molecule has 0 aliphatic heterocycles. The molecule has 0 radical (unpaired) electrons. The highest BCUT2D eigenvalue weighted by molar-refractivity contribution is 9.10. The lowest BCUT2D eigenvalue weighted by Gasteiger charge is -2.17. The molecule has 0 bridgehead atoms. The van der Waals surface area contributed by atoms with Crippen LogP contribution in [0.5, 0.6) is 0 Å². The molecule has 1 saturated carbocycles. The van der Waals surface area contributed by atoms with Crippen molar-refractivity contribution in [1.82, 2.24) is 9.55 Å². The predicted octanol–water partition coefficient (Wildman–Crippen LogP) is 2.66. The average Bonchev–Trinajstić information content (AvgIpc) is 2.91. The maximum atomic E-state index is 12.5. The molecule has 1 fully saturated rings. The summed E-state index contributed by atoms with van der Waals surface area (Å²) in [5.74, 6) is -1.11. The molecule has 110 valence electrons. The number of carboxylic acids is 1. The van der Waals surface area contributed by atoms with Gasteiger partial charge >= 0.3 is 5.97 Å². The Morgan fingerprint density at radius 1 is 1.43 bits per heavy atom. The first-order valence-corrected chi connectivity index (χ1v) is 7.73. The standard InChI is InChI=1S/C15H15BrN2O3/c16-10-4-5-13-12(6-10)14(19)18(8-17-13)7-9-2-1-3-11(9)15(20)21/h4-6,8-9,11H,1-3,7H2,(H,20,21). The summed E-state index contributed by atoms with van der Waals surface area (Å²) < 4.78 is 2.37. The number of nitrogens with zero attached hydrogens (tertiary/aromatic N) is 2. The zero-order chi connectivity index (χ0) is 15.0. The first-order valence-electron chi connectivity index (χ1n) is 6.94. The minimum Gasteiger partial charge on any atom is -0.481 e. The number of fused-ring (bicyclic) bond motifs is 1. The van der Waals surface area contributed by atoms with Crippen LogP contribution in [0.25, 0.3) is 10.9 Å².